The van der Waals surface area contributed by atoms with E-state index in [0.29, 0.717) is 12.4 Å². The van der Waals surface area contributed by atoms with Crippen LogP contribution in [0.1, 0.15) is 51.5 Å². The molecule has 6 nitrogen and oxygen atoms in total. The number of nitrogens with zero attached hydrogens (tertiary/aromatic N) is 2. The Labute approximate surface area is 191 Å². The van der Waals surface area contributed by atoms with Gasteiger partial charge in [-0.1, -0.05) is 37.5 Å². The second-order valence-electron chi connectivity index (χ2n) is 8.69. The Balaban J connectivity index is 1.63. The second-order valence-corrected chi connectivity index (χ2v) is 10.6. The van der Waals surface area contributed by atoms with Crippen molar-refractivity contribution >= 4 is 21.6 Å². The van der Waals surface area contributed by atoms with E-state index >= 15 is 0 Å². The number of carbonyl (C=O) groups excluding carboxylic acids is 1. The summed E-state index contributed by atoms with van der Waals surface area (Å²) in [6, 6.07) is 14.3. The fourth-order valence-electron chi connectivity index (χ4n) is 4.94. The largest absolute Gasteiger partial charge is 0.494 e. The number of anilines is 1. The Morgan fingerprint density at radius 3 is 2.44 bits per heavy atom. The van der Waals surface area contributed by atoms with Crippen molar-refractivity contribution in [2.24, 2.45) is 0 Å². The number of rotatable bonds is 7. The highest BCUT2D eigenvalue weighted by Gasteiger charge is 2.38. The molecule has 172 valence electrons. The lowest BCUT2D eigenvalue weighted by Gasteiger charge is -2.34. The lowest BCUT2D eigenvalue weighted by molar-refractivity contribution is -0.119. The van der Waals surface area contributed by atoms with E-state index in [9.17, 15) is 13.2 Å². The minimum absolute atomic E-state index is 0.0151. The molecular weight excluding hydrogens is 424 g/mol. The zero-order valence-corrected chi connectivity index (χ0v) is 19.7. The Bertz CT molecular complexity index is 1050. The molecule has 2 aliphatic rings. The molecule has 1 atom stereocenters. The molecule has 1 unspecified atom stereocenters. The van der Waals surface area contributed by atoms with Gasteiger partial charge >= 0.3 is 0 Å². The summed E-state index contributed by atoms with van der Waals surface area (Å²) in [4.78, 5) is 15.5. The van der Waals surface area contributed by atoms with Crippen molar-refractivity contribution in [1.82, 2.24) is 4.31 Å². The van der Waals surface area contributed by atoms with Gasteiger partial charge < -0.3 is 9.64 Å². The van der Waals surface area contributed by atoms with E-state index < -0.39 is 10.0 Å². The standard InChI is InChI=1S/C25H32N2O4S/c1-3-31-22-13-15-23(16-14-22)32(29,30)26(21-10-5-4-6-11-21)18-25(28)27-19(2)17-20-9-7-8-12-24(20)27/h7-9,12-16,19,21H,3-6,10-11,17-18H2,1-2H3. The Kier molecular flexibility index (Phi) is 6.86. The van der Waals surface area contributed by atoms with E-state index in [2.05, 4.69) is 0 Å². The van der Waals surface area contributed by atoms with Crippen molar-refractivity contribution < 1.29 is 17.9 Å². The first-order valence-electron chi connectivity index (χ1n) is 11.6. The molecule has 0 saturated heterocycles. The van der Waals surface area contributed by atoms with Crippen molar-refractivity contribution in [3.05, 3.63) is 54.1 Å². The van der Waals surface area contributed by atoms with Crippen molar-refractivity contribution in [1.29, 1.82) is 0 Å². The van der Waals surface area contributed by atoms with Gasteiger partial charge in [-0.3, -0.25) is 4.79 Å². The summed E-state index contributed by atoms with van der Waals surface area (Å²) in [5, 5.41) is 0. The first-order chi connectivity index (χ1) is 15.4. The predicted octanol–water partition coefficient (Wildman–Crippen LogP) is 4.39. The molecule has 4 rings (SSSR count). The van der Waals surface area contributed by atoms with Gasteiger partial charge in [-0.15, -0.1) is 0 Å². The van der Waals surface area contributed by atoms with Gasteiger partial charge in [0.2, 0.25) is 15.9 Å². The molecule has 1 heterocycles. The highest BCUT2D eigenvalue weighted by Crippen LogP contribution is 2.33. The summed E-state index contributed by atoms with van der Waals surface area (Å²) in [5.74, 6) is 0.469. The number of benzene rings is 2. The smallest absolute Gasteiger partial charge is 0.243 e. The molecule has 1 amide bonds. The van der Waals surface area contributed by atoms with Crippen molar-refractivity contribution in [2.75, 3.05) is 18.1 Å². The quantitative estimate of drug-likeness (QED) is 0.620. The summed E-state index contributed by atoms with van der Waals surface area (Å²) in [5.41, 5.74) is 2.03. The Morgan fingerprint density at radius 2 is 1.75 bits per heavy atom. The van der Waals surface area contributed by atoms with Crippen LogP contribution in [-0.4, -0.2) is 43.9 Å². The SMILES string of the molecule is CCOc1ccc(S(=O)(=O)N(CC(=O)N2c3ccccc3CC2C)C2CCCCC2)cc1. The molecule has 0 bridgehead atoms. The lowest BCUT2D eigenvalue weighted by atomic mass is 9.95. The molecular formula is C25H32N2O4S. The number of para-hydroxylation sites is 1. The second kappa shape index (κ2) is 9.63. The number of fused-ring (bicyclic) bond motifs is 1. The maximum atomic E-state index is 13.7. The summed E-state index contributed by atoms with van der Waals surface area (Å²) in [7, 11) is -3.82. The fraction of sp³-hybridized carbons (Fsp3) is 0.480. The van der Waals surface area contributed by atoms with E-state index in [4.69, 9.17) is 4.74 Å². The molecule has 0 spiro atoms. The fourth-order valence-corrected chi connectivity index (χ4v) is 6.58. The third-order valence-corrected chi connectivity index (χ3v) is 8.40. The van der Waals surface area contributed by atoms with Gasteiger partial charge in [0.05, 0.1) is 18.0 Å². The summed E-state index contributed by atoms with van der Waals surface area (Å²) in [6.07, 6.45) is 5.44. The molecule has 1 fully saturated rings. The van der Waals surface area contributed by atoms with Crippen LogP contribution in [0.5, 0.6) is 5.75 Å². The highest BCUT2D eigenvalue weighted by molar-refractivity contribution is 7.89. The average molecular weight is 457 g/mol. The number of carbonyl (C=O) groups is 1. The van der Waals surface area contributed by atoms with Crippen LogP contribution in [0.3, 0.4) is 0 Å². The van der Waals surface area contributed by atoms with Crippen LogP contribution >= 0.6 is 0 Å². The van der Waals surface area contributed by atoms with Gasteiger partial charge in [0.1, 0.15) is 5.75 Å². The maximum absolute atomic E-state index is 13.7. The highest BCUT2D eigenvalue weighted by atomic mass is 32.2. The van der Waals surface area contributed by atoms with E-state index in [1.54, 1.807) is 29.2 Å². The number of sulfonamides is 1. The van der Waals surface area contributed by atoms with E-state index in [-0.39, 0.29) is 29.4 Å². The van der Waals surface area contributed by atoms with Gasteiger partial charge in [-0.2, -0.15) is 4.31 Å². The molecule has 2 aromatic rings. The molecule has 7 heteroatoms. The lowest BCUT2D eigenvalue weighted by Crippen LogP contribution is -2.49. The van der Waals surface area contributed by atoms with Gasteiger partial charge in [0.15, 0.2) is 0 Å². The molecule has 32 heavy (non-hydrogen) atoms. The van der Waals surface area contributed by atoms with E-state index in [0.717, 1.165) is 49.8 Å². The van der Waals surface area contributed by atoms with Gasteiger partial charge in [-0.05, 0) is 69.0 Å². The van der Waals surface area contributed by atoms with Crippen LogP contribution in [0, 0.1) is 0 Å². The molecule has 1 aliphatic heterocycles. The summed E-state index contributed by atoms with van der Waals surface area (Å²) >= 11 is 0. The van der Waals surface area contributed by atoms with Gasteiger partial charge in [-0.25, -0.2) is 8.42 Å². The van der Waals surface area contributed by atoms with Crippen LogP contribution in [0.4, 0.5) is 5.69 Å². The Hall–Kier alpha value is -2.38. The van der Waals surface area contributed by atoms with Crippen LogP contribution < -0.4 is 9.64 Å². The number of hydrogen-bond donors (Lipinski definition) is 0. The van der Waals surface area contributed by atoms with Crippen molar-refractivity contribution in [2.45, 2.75) is 69.4 Å². The summed E-state index contributed by atoms with van der Waals surface area (Å²) in [6.45, 7) is 4.28. The van der Waals surface area contributed by atoms with Crippen LogP contribution in [0.2, 0.25) is 0 Å². The minimum Gasteiger partial charge on any atom is -0.494 e. The van der Waals surface area contributed by atoms with Gasteiger partial charge in [0.25, 0.3) is 0 Å². The van der Waals surface area contributed by atoms with E-state index in [1.807, 2.05) is 38.1 Å². The van der Waals surface area contributed by atoms with Crippen molar-refractivity contribution in [3.8, 4) is 5.75 Å². The molecule has 2 aromatic carbocycles. The van der Waals surface area contributed by atoms with Gasteiger partial charge in [0, 0.05) is 17.8 Å². The molecule has 0 N–H and O–H groups in total. The topological polar surface area (TPSA) is 66.9 Å². The molecule has 1 saturated carbocycles. The van der Waals surface area contributed by atoms with Crippen LogP contribution in [-0.2, 0) is 21.2 Å². The first kappa shape index (κ1) is 22.8. The Morgan fingerprint density at radius 1 is 1.06 bits per heavy atom. The number of ether oxygens (including phenoxy) is 1. The minimum atomic E-state index is -3.82. The maximum Gasteiger partial charge on any atom is 0.243 e. The van der Waals surface area contributed by atoms with Crippen molar-refractivity contribution in [3.63, 3.8) is 0 Å². The third kappa shape index (κ3) is 4.55. The zero-order valence-electron chi connectivity index (χ0n) is 18.9. The predicted molar refractivity (Wildman–Crippen MR) is 125 cm³/mol. The third-order valence-electron chi connectivity index (χ3n) is 6.49. The molecule has 1 aliphatic carbocycles. The monoisotopic (exact) mass is 456 g/mol. The molecule has 0 radical (unpaired) electrons. The summed E-state index contributed by atoms with van der Waals surface area (Å²) < 4.78 is 34.3. The number of hydrogen-bond acceptors (Lipinski definition) is 4. The van der Waals surface area contributed by atoms with E-state index in [1.165, 1.54) is 4.31 Å². The van der Waals surface area contributed by atoms with Crippen LogP contribution in [0.15, 0.2) is 53.4 Å². The average Bonchev–Trinajstić information content (AvgIpc) is 3.14. The number of amides is 1. The first-order valence-corrected chi connectivity index (χ1v) is 13.0. The van der Waals surface area contributed by atoms with Crippen LogP contribution in [0.25, 0.3) is 0 Å². The normalized spacial score (nSPS) is 19.2. The molecule has 0 aromatic heterocycles. The zero-order chi connectivity index (χ0) is 22.7.